The van der Waals surface area contributed by atoms with Crippen LogP contribution in [-0.4, -0.2) is 34.8 Å². The van der Waals surface area contributed by atoms with E-state index < -0.39 is 6.40 Å². The molecule has 0 N–H and O–H groups in total. The van der Waals surface area contributed by atoms with Gasteiger partial charge in [0.25, 0.3) is 5.89 Å². The van der Waals surface area contributed by atoms with Crippen molar-refractivity contribution in [3.63, 3.8) is 0 Å². The van der Waals surface area contributed by atoms with Crippen LogP contribution in [0.3, 0.4) is 0 Å². The molecule has 0 aliphatic heterocycles. The lowest BCUT2D eigenvalue weighted by Crippen LogP contribution is -2.23. The normalized spacial score (nSPS) is 13.0. The molecule has 30 heavy (non-hydrogen) atoms. The molecule has 0 unspecified atom stereocenters. The third kappa shape index (κ3) is 4.64. The van der Waals surface area contributed by atoms with Crippen molar-refractivity contribution in [3.05, 3.63) is 41.1 Å². The first-order chi connectivity index (χ1) is 15.4. The summed E-state index contributed by atoms with van der Waals surface area (Å²) < 4.78 is 26.6. The van der Waals surface area contributed by atoms with Gasteiger partial charge in [-0.1, -0.05) is 19.0 Å². The topological polar surface area (TPSA) is 64.3 Å². The molecule has 6 heteroatoms. The summed E-state index contributed by atoms with van der Waals surface area (Å²) in [6.07, 6.45) is 0.221. The quantitative estimate of drug-likeness (QED) is 0.457. The number of rotatable bonds is 9. The van der Waals surface area contributed by atoms with Gasteiger partial charge in [0.1, 0.15) is 11.6 Å². The van der Waals surface area contributed by atoms with Crippen LogP contribution in [0.2, 0.25) is 0 Å². The number of nitrogens with zero attached hydrogens (tertiary/aromatic N) is 4. The molecule has 0 aliphatic rings. The number of aromatic nitrogens is 3. The molecular formula is C24H32N4O2. The third-order valence-electron chi connectivity index (χ3n) is 5.04. The van der Waals surface area contributed by atoms with Crippen LogP contribution < -0.4 is 9.64 Å². The Hall–Kier alpha value is -2.89. The summed E-state index contributed by atoms with van der Waals surface area (Å²) in [4.78, 5) is 11.5. The van der Waals surface area contributed by atoms with Gasteiger partial charge in [0.05, 0.1) is 6.61 Å². The molecule has 0 radical (unpaired) electrons. The Labute approximate surface area is 182 Å². The molecule has 3 rings (SSSR count). The van der Waals surface area contributed by atoms with Crippen LogP contribution >= 0.6 is 0 Å². The van der Waals surface area contributed by atoms with Gasteiger partial charge in [-0.25, -0.2) is 4.98 Å². The van der Waals surface area contributed by atoms with E-state index in [2.05, 4.69) is 40.8 Å². The summed E-state index contributed by atoms with van der Waals surface area (Å²) in [5.74, 6) is 2.66. The molecule has 2 aromatic heterocycles. The van der Waals surface area contributed by atoms with E-state index in [1.54, 1.807) is 0 Å². The molecule has 0 saturated carbocycles. The summed E-state index contributed by atoms with van der Waals surface area (Å²) in [7, 11) is 0. The first-order valence-electron chi connectivity index (χ1n) is 11.7. The van der Waals surface area contributed by atoms with Crippen molar-refractivity contribution in [1.82, 2.24) is 15.1 Å². The first-order valence-corrected chi connectivity index (χ1v) is 10.5. The van der Waals surface area contributed by atoms with Gasteiger partial charge in [-0.15, -0.1) is 0 Å². The van der Waals surface area contributed by atoms with Crippen molar-refractivity contribution in [3.8, 4) is 28.6 Å². The van der Waals surface area contributed by atoms with Gasteiger partial charge in [-0.3, -0.25) is 0 Å². The van der Waals surface area contributed by atoms with Crippen molar-refractivity contribution in [2.45, 2.75) is 54.3 Å². The van der Waals surface area contributed by atoms with Crippen molar-refractivity contribution in [1.29, 1.82) is 0 Å². The Balaban J connectivity index is 1.92. The minimum absolute atomic E-state index is 0.0225. The summed E-state index contributed by atoms with van der Waals surface area (Å²) >= 11 is 0. The number of pyridine rings is 1. The number of aryl methyl sites for hydroxylation is 3. The molecular weight excluding hydrogens is 376 g/mol. The van der Waals surface area contributed by atoms with Crippen LogP contribution in [0.25, 0.3) is 22.8 Å². The van der Waals surface area contributed by atoms with E-state index in [1.807, 2.05) is 38.1 Å². The fraction of sp³-hybridized carbons (Fsp3) is 0.458. The smallest absolute Gasteiger partial charge is 0.258 e. The van der Waals surface area contributed by atoms with E-state index in [-0.39, 0.29) is 13.5 Å². The third-order valence-corrected chi connectivity index (χ3v) is 5.04. The molecule has 0 bridgehead atoms. The fourth-order valence-corrected chi connectivity index (χ4v) is 3.53. The lowest BCUT2D eigenvalue weighted by Gasteiger charge is -2.20. The van der Waals surface area contributed by atoms with E-state index in [4.69, 9.17) is 12.0 Å². The highest BCUT2D eigenvalue weighted by molar-refractivity contribution is 5.65. The molecule has 6 nitrogen and oxygen atoms in total. The highest BCUT2D eigenvalue weighted by Crippen LogP contribution is 2.31. The monoisotopic (exact) mass is 410 g/mol. The number of hydrogen-bond acceptors (Lipinski definition) is 6. The van der Waals surface area contributed by atoms with Gasteiger partial charge in [-0.05, 0) is 75.9 Å². The second-order valence-electron chi connectivity index (χ2n) is 7.19. The molecule has 0 saturated heterocycles. The van der Waals surface area contributed by atoms with Gasteiger partial charge >= 0.3 is 0 Å². The van der Waals surface area contributed by atoms with Crippen LogP contribution in [-0.2, 0) is 6.42 Å². The Bertz CT molecular complexity index is 1050. The molecule has 160 valence electrons. The maximum absolute atomic E-state index is 7.76. The zero-order chi connectivity index (χ0) is 23.3. The zero-order valence-corrected chi connectivity index (χ0v) is 18.5. The lowest BCUT2D eigenvalue weighted by atomic mass is 10.0. The van der Waals surface area contributed by atoms with E-state index in [1.165, 1.54) is 0 Å². The minimum atomic E-state index is -0.552. The van der Waals surface area contributed by atoms with E-state index in [0.717, 1.165) is 59.0 Å². The second kappa shape index (κ2) is 9.74. The summed E-state index contributed by atoms with van der Waals surface area (Å²) in [5.41, 5.74) is 4.58. The second-order valence-corrected chi connectivity index (χ2v) is 7.19. The Kier molecular flexibility index (Phi) is 6.20. The first kappa shape index (κ1) is 19.1. The average molecular weight is 411 g/mol. The molecule has 1 atom stereocenters. The van der Waals surface area contributed by atoms with Gasteiger partial charge in [0.2, 0.25) is 5.82 Å². The van der Waals surface area contributed by atoms with Gasteiger partial charge in [0.15, 0.2) is 0 Å². The molecule has 0 spiro atoms. The summed E-state index contributed by atoms with van der Waals surface area (Å²) in [6.45, 7) is 12.2. The highest BCUT2D eigenvalue weighted by atomic mass is 16.5. The average Bonchev–Trinajstić information content (AvgIpc) is 3.28. The van der Waals surface area contributed by atoms with Crippen molar-refractivity contribution >= 4 is 5.82 Å². The van der Waals surface area contributed by atoms with Crippen molar-refractivity contribution in [2.75, 3.05) is 24.6 Å². The number of anilines is 1. The van der Waals surface area contributed by atoms with Gasteiger partial charge in [-0.2, -0.15) is 4.98 Å². The predicted molar refractivity (Wildman–Crippen MR) is 121 cm³/mol. The van der Waals surface area contributed by atoms with E-state index in [0.29, 0.717) is 11.7 Å². The SMILES string of the molecule is [2H]C[C@@H]([2H])COc1c(C)cc(-c2noc(-c3cc(C)nc(N(CC)CC)c3)n2)cc1CC. The highest BCUT2D eigenvalue weighted by Gasteiger charge is 2.16. The van der Waals surface area contributed by atoms with E-state index >= 15 is 0 Å². The largest absolute Gasteiger partial charge is 0.493 e. The van der Waals surface area contributed by atoms with Crippen LogP contribution in [0.4, 0.5) is 5.82 Å². The number of ether oxygens (including phenoxy) is 1. The Morgan fingerprint density at radius 1 is 1.07 bits per heavy atom. The zero-order valence-electron chi connectivity index (χ0n) is 20.5. The Morgan fingerprint density at radius 2 is 1.87 bits per heavy atom. The molecule has 3 aromatic rings. The fourth-order valence-electron chi connectivity index (χ4n) is 3.53. The summed E-state index contributed by atoms with van der Waals surface area (Å²) in [5, 5.41) is 4.23. The molecule has 2 heterocycles. The van der Waals surface area contributed by atoms with Crippen LogP contribution in [0.15, 0.2) is 28.8 Å². The van der Waals surface area contributed by atoms with Crippen LogP contribution in [0, 0.1) is 13.8 Å². The van der Waals surface area contributed by atoms with Crippen LogP contribution in [0.5, 0.6) is 5.75 Å². The summed E-state index contributed by atoms with van der Waals surface area (Å²) in [6, 6.07) is 7.92. The minimum Gasteiger partial charge on any atom is -0.493 e. The predicted octanol–water partition coefficient (Wildman–Crippen LogP) is 5.61. The number of benzene rings is 1. The number of hydrogen-bond donors (Lipinski definition) is 0. The standard InChI is InChI=1S/C24H32N4O2/c1-7-11-29-22-16(5)12-19(14-18(22)8-2)23-26-24(30-27-23)20-13-17(6)25-21(15-20)28(9-3)10-4/h12-15H,7-11H2,1-6H3/i1D,7D/t7-/m1/s1. The lowest BCUT2D eigenvalue weighted by molar-refractivity contribution is 0.312. The maximum atomic E-state index is 7.76. The van der Waals surface area contributed by atoms with Crippen LogP contribution in [0.1, 0.15) is 53.6 Å². The molecule has 0 aliphatic carbocycles. The van der Waals surface area contributed by atoms with Crippen molar-refractivity contribution in [2.24, 2.45) is 0 Å². The van der Waals surface area contributed by atoms with E-state index in [9.17, 15) is 0 Å². The molecule has 0 amide bonds. The molecule has 1 aromatic carbocycles. The van der Waals surface area contributed by atoms with Gasteiger partial charge < -0.3 is 14.2 Å². The Morgan fingerprint density at radius 3 is 2.57 bits per heavy atom. The maximum Gasteiger partial charge on any atom is 0.258 e. The van der Waals surface area contributed by atoms with Crippen molar-refractivity contribution < 1.29 is 12.0 Å². The molecule has 0 fully saturated rings. The van der Waals surface area contributed by atoms with Gasteiger partial charge in [0, 0.05) is 32.7 Å².